The molecule has 2 aliphatic rings. The van der Waals surface area contributed by atoms with Crippen LogP contribution in [0.15, 0.2) is 70.6 Å². The van der Waals surface area contributed by atoms with E-state index in [1.54, 1.807) is 0 Å². The fourth-order valence-electron chi connectivity index (χ4n) is 4.37. The molecule has 0 radical (unpaired) electrons. The second-order valence-corrected chi connectivity index (χ2v) is 11.2. The lowest BCUT2D eigenvalue weighted by molar-refractivity contribution is 0.196. The molecule has 4 nitrogen and oxygen atoms in total. The van der Waals surface area contributed by atoms with E-state index in [4.69, 9.17) is 0 Å². The lowest BCUT2D eigenvalue weighted by Crippen LogP contribution is -2.45. The number of rotatable bonds is 9. The van der Waals surface area contributed by atoms with E-state index in [0.29, 0.717) is 5.25 Å². The van der Waals surface area contributed by atoms with Gasteiger partial charge in [0.2, 0.25) is 0 Å². The van der Waals surface area contributed by atoms with Crippen molar-refractivity contribution < 1.29 is 0 Å². The third-order valence-electron chi connectivity index (χ3n) is 6.33. The molecule has 32 heavy (non-hydrogen) atoms. The van der Waals surface area contributed by atoms with E-state index in [0.717, 1.165) is 32.7 Å². The van der Waals surface area contributed by atoms with Crippen molar-refractivity contribution in [1.82, 2.24) is 14.1 Å². The van der Waals surface area contributed by atoms with E-state index in [1.165, 1.54) is 52.7 Å². The van der Waals surface area contributed by atoms with Crippen LogP contribution in [0.4, 0.5) is 5.69 Å². The highest BCUT2D eigenvalue weighted by molar-refractivity contribution is 7.99. The van der Waals surface area contributed by atoms with E-state index in [9.17, 15) is 0 Å². The number of anilines is 1. The third-order valence-corrected chi connectivity index (χ3v) is 8.67. The number of piperazine rings is 1. The van der Waals surface area contributed by atoms with Gasteiger partial charge in [-0.2, -0.15) is 0 Å². The number of hydrogen-bond acceptors (Lipinski definition) is 6. The van der Waals surface area contributed by atoms with Crippen molar-refractivity contribution in [2.75, 3.05) is 58.2 Å². The number of benzene rings is 2. The SMILES string of the molecule is C=C(CN1CCN(SC(C)c2ccc(Sc3ccccc3NC)cc2)CC1)N1CCCC1. The van der Waals surface area contributed by atoms with Crippen LogP contribution in [0.2, 0.25) is 0 Å². The predicted octanol–water partition coefficient (Wildman–Crippen LogP) is 5.82. The Balaban J connectivity index is 1.23. The Hall–Kier alpha value is -1.60. The Morgan fingerprint density at radius 3 is 2.34 bits per heavy atom. The van der Waals surface area contributed by atoms with Gasteiger partial charge >= 0.3 is 0 Å². The first-order valence-corrected chi connectivity index (χ1v) is 13.4. The predicted molar refractivity (Wildman–Crippen MR) is 141 cm³/mol. The molecular weight excluding hydrogens is 432 g/mol. The lowest BCUT2D eigenvalue weighted by atomic mass is 10.2. The third kappa shape index (κ3) is 6.25. The molecule has 0 aromatic heterocycles. The van der Waals surface area contributed by atoms with Gasteiger partial charge in [-0.15, -0.1) is 0 Å². The van der Waals surface area contributed by atoms with Crippen molar-refractivity contribution in [1.29, 1.82) is 0 Å². The minimum Gasteiger partial charge on any atom is -0.387 e. The molecule has 2 aliphatic heterocycles. The summed E-state index contributed by atoms with van der Waals surface area (Å²) in [6.45, 7) is 14.6. The normalized spacial score (nSPS) is 18.6. The molecule has 2 heterocycles. The Labute approximate surface area is 202 Å². The van der Waals surface area contributed by atoms with Crippen LogP contribution in [0.1, 0.15) is 30.6 Å². The highest BCUT2D eigenvalue weighted by Crippen LogP contribution is 2.36. The van der Waals surface area contributed by atoms with Crippen LogP contribution < -0.4 is 5.32 Å². The maximum Gasteiger partial charge on any atom is 0.0479 e. The summed E-state index contributed by atoms with van der Waals surface area (Å²) >= 11 is 3.81. The Kier molecular flexibility index (Phi) is 8.47. The van der Waals surface area contributed by atoms with Gasteiger partial charge in [-0.1, -0.05) is 54.6 Å². The number of nitrogens with one attached hydrogen (secondary N) is 1. The molecule has 172 valence electrons. The van der Waals surface area contributed by atoms with E-state index >= 15 is 0 Å². The first-order valence-electron chi connectivity index (χ1n) is 11.7. The molecule has 0 spiro atoms. The Morgan fingerprint density at radius 2 is 1.66 bits per heavy atom. The summed E-state index contributed by atoms with van der Waals surface area (Å²) in [5.74, 6) is 0. The number of hydrogen-bond donors (Lipinski definition) is 1. The van der Waals surface area contributed by atoms with Crippen molar-refractivity contribution >= 4 is 29.4 Å². The minimum atomic E-state index is 0.463. The van der Waals surface area contributed by atoms with Crippen LogP contribution in [0.5, 0.6) is 0 Å². The van der Waals surface area contributed by atoms with Crippen LogP contribution in [-0.4, -0.2) is 67.0 Å². The zero-order valence-electron chi connectivity index (χ0n) is 19.4. The molecule has 2 aromatic carbocycles. The van der Waals surface area contributed by atoms with Gasteiger partial charge in [0, 0.05) is 79.3 Å². The summed E-state index contributed by atoms with van der Waals surface area (Å²) in [6, 6.07) is 17.5. The zero-order valence-corrected chi connectivity index (χ0v) is 21.1. The second kappa shape index (κ2) is 11.5. The topological polar surface area (TPSA) is 21.8 Å². The van der Waals surface area contributed by atoms with Gasteiger partial charge in [-0.3, -0.25) is 4.90 Å². The largest absolute Gasteiger partial charge is 0.387 e. The van der Waals surface area contributed by atoms with Crippen molar-refractivity contribution in [3.05, 3.63) is 66.4 Å². The van der Waals surface area contributed by atoms with Gasteiger partial charge in [-0.25, -0.2) is 4.31 Å². The fraction of sp³-hybridized carbons (Fsp3) is 0.462. The van der Waals surface area contributed by atoms with E-state index in [-0.39, 0.29) is 0 Å². The van der Waals surface area contributed by atoms with Crippen LogP contribution >= 0.6 is 23.7 Å². The van der Waals surface area contributed by atoms with Crippen molar-refractivity contribution in [3.8, 4) is 0 Å². The summed E-state index contributed by atoms with van der Waals surface area (Å²) in [5, 5.41) is 3.74. The average molecular weight is 469 g/mol. The van der Waals surface area contributed by atoms with Crippen molar-refractivity contribution in [2.45, 2.75) is 34.8 Å². The number of likely N-dealkylation sites (tertiary alicyclic amines) is 1. The molecule has 0 saturated carbocycles. The van der Waals surface area contributed by atoms with Gasteiger partial charge in [0.15, 0.2) is 0 Å². The van der Waals surface area contributed by atoms with E-state index in [2.05, 4.69) is 81.5 Å². The average Bonchev–Trinajstić information content (AvgIpc) is 3.36. The highest BCUT2D eigenvalue weighted by atomic mass is 32.2. The maximum atomic E-state index is 4.34. The van der Waals surface area contributed by atoms with Gasteiger partial charge in [0.1, 0.15) is 0 Å². The highest BCUT2D eigenvalue weighted by Gasteiger charge is 2.22. The molecule has 0 amide bonds. The molecule has 0 aliphatic carbocycles. The Morgan fingerprint density at radius 1 is 0.969 bits per heavy atom. The lowest BCUT2D eigenvalue weighted by Gasteiger charge is -2.36. The minimum absolute atomic E-state index is 0.463. The van der Waals surface area contributed by atoms with Crippen molar-refractivity contribution in [2.24, 2.45) is 0 Å². The fourth-order valence-corrected chi connectivity index (χ4v) is 6.42. The molecule has 4 rings (SSSR count). The van der Waals surface area contributed by atoms with Gasteiger partial charge < -0.3 is 10.2 Å². The Bertz CT molecular complexity index is 872. The quantitative estimate of drug-likeness (QED) is 0.465. The van der Waals surface area contributed by atoms with Gasteiger partial charge in [0.05, 0.1) is 0 Å². The van der Waals surface area contributed by atoms with Crippen LogP contribution in [0, 0.1) is 0 Å². The van der Waals surface area contributed by atoms with Gasteiger partial charge in [-0.05, 0) is 49.6 Å². The molecule has 1 N–H and O–H groups in total. The standard InChI is InChI=1S/C26H36N4S2/c1-21(29-14-6-7-15-29)20-28-16-18-30(19-17-28)32-22(2)23-10-12-24(13-11-23)31-26-9-5-4-8-25(26)27-3/h4-5,8-13,22,27H,1,6-7,14-20H2,2-3H3. The van der Waals surface area contributed by atoms with E-state index < -0.39 is 0 Å². The molecule has 2 fully saturated rings. The molecule has 1 unspecified atom stereocenters. The molecule has 0 bridgehead atoms. The molecule has 2 aromatic rings. The zero-order chi connectivity index (χ0) is 22.3. The summed E-state index contributed by atoms with van der Waals surface area (Å²) in [7, 11) is 1.98. The molecule has 1 atom stereocenters. The van der Waals surface area contributed by atoms with Gasteiger partial charge in [0.25, 0.3) is 0 Å². The number of para-hydroxylation sites is 1. The summed E-state index contributed by atoms with van der Waals surface area (Å²) in [5.41, 5.74) is 3.88. The maximum absolute atomic E-state index is 4.34. The van der Waals surface area contributed by atoms with Crippen LogP contribution in [0.3, 0.4) is 0 Å². The van der Waals surface area contributed by atoms with Crippen LogP contribution in [-0.2, 0) is 0 Å². The van der Waals surface area contributed by atoms with E-state index in [1.807, 2.05) is 30.8 Å². The summed E-state index contributed by atoms with van der Waals surface area (Å²) < 4.78 is 2.55. The monoisotopic (exact) mass is 468 g/mol. The first-order chi connectivity index (χ1) is 15.6. The van der Waals surface area contributed by atoms with Crippen LogP contribution in [0.25, 0.3) is 0 Å². The smallest absolute Gasteiger partial charge is 0.0479 e. The molecule has 6 heteroatoms. The molecular formula is C26H36N4S2. The van der Waals surface area contributed by atoms with Crippen molar-refractivity contribution in [3.63, 3.8) is 0 Å². The first kappa shape index (κ1) is 23.6. The number of nitrogens with zero attached hydrogens (tertiary/aromatic N) is 3. The summed E-state index contributed by atoms with van der Waals surface area (Å²) in [4.78, 5) is 7.58. The second-order valence-electron chi connectivity index (χ2n) is 8.63. The summed E-state index contributed by atoms with van der Waals surface area (Å²) in [6.07, 6.45) is 2.65. The molecule has 2 saturated heterocycles.